The molecule has 0 saturated carbocycles. The van der Waals surface area contributed by atoms with Crippen LogP contribution in [0.5, 0.6) is 0 Å². The van der Waals surface area contributed by atoms with E-state index < -0.39 is 0 Å². The van der Waals surface area contributed by atoms with E-state index in [0.717, 1.165) is 56.8 Å². The summed E-state index contributed by atoms with van der Waals surface area (Å²) in [5, 5.41) is 0. The monoisotopic (exact) mass is 275 g/mol. The highest BCUT2D eigenvalue weighted by Gasteiger charge is 2.22. The molecule has 0 spiro atoms. The fraction of sp³-hybridized carbons (Fsp3) is 0.562. The Balaban J connectivity index is 1.94. The minimum atomic E-state index is 0.168. The lowest BCUT2D eigenvalue weighted by Crippen LogP contribution is -2.49. The summed E-state index contributed by atoms with van der Waals surface area (Å²) in [5.41, 5.74) is 8.64. The van der Waals surface area contributed by atoms with Gasteiger partial charge in [0, 0.05) is 31.7 Å². The SMILES string of the molecule is Cc1ccc(C(=O)N2CCN(CCCN)CC2)c(C)c1. The largest absolute Gasteiger partial charge is 0.336 e. The van der Waals surface area contributed by atoms with Crippen LogP contribution in [0.15, 0.2) is 18.2 Å². The van der Waals surface area contributed by atoms with Crippen molar-refractivity contribution >= 4 is 5.91 Å². The minimum Gasteiger partial charge on any atom is -0.336 e. The van der Waals surface area contributed by atoms with Crippen molar-refractivity contribution < 1.29 is 4.79 Å². The highest BCUT2D eigenvalue weighted by atomic mass is 16.2. The van der Waals surface area contributed by atoms with Crippen LogP contribution < -0.4 is 5.73 Å². The van der Waals surface area contributed by atoms with Crippen LogP contribution in [-0.2, 0) is 0 Å². The number of nitrogens with two attached hydrogens (primary N) is 1. The molecule has 0 atom stereocenters. The highest BCUT2D eigenvalue weighted by Crippen LogP contribution is 2.14. The van der Waals surface area contributed by atoms with Crippen molar-refractivity contribution in [2.45, 2.75) is 20.3 Å². The van der Waals surface area contributed by atoms with Gasteiger partial charge in [-0.1, -0.05) is 17.7 Å². The van der Waals surface area contributed by atoms with E-state index in [1.165, 1.54) is 5.56 Å². The third-order valence-electron chi connectivity index (χ3n) is 3.95. The second-order valence-electron chi connectivity index (χ2n) is 5.59. The van der Waals surface area contributed by atoms with Crippen LogP contribution >= 0.6 is 0 Å². The van der Waals surface area contributed by atoms with Gasteiger partial charge >= 0.3 is 0 Å². The lowest BCUT2D eigenvalue weighted by molar-refractivity contribution is 0.0636. The summed E-state index contributed by atoms with van der Waals surface area (Å²) in [6.07, 6.45) is 1.03. The Labute approximate surface area is 121 Å². The Morgan fingerprint density at radius 1 is 1.20 bits per heavy atom. The van der Waals surface area contributed by atoms with Crippen molar-refractivity contribution in [3.05, 3.63) is 34.9 Å². The standard InChI is InChI=1S/C16H25N3O/c1-13-4-5-15(14(2)12-13)16(20)19-10-8-18(9-11-19)7-3-6-17/h4-5,12H,3,6-11,17H2,1-2H3. The lowest BCUT2D eigenvalue weighted by atomic mass is 10.0. The zero-order chi connectivity index (χ0) is 14.5. The average molecular weight is 275 g/mol. The third kappa shape index (κ3) is 3.58. The van der Waals surface area contributed by atoms with Crippen molar-refractivity contribution in [2.75, 3.05) is 39.3 Å². The van der Waals surface area contributed by atoms with E-state index in [2.05, 4.69) is 17.9 Å². The van der Waals surface area contributed by atoms with E-state index in [-0.39, 0.29) is 5.91 Å². The van der Waals surface area contributed by atoms with Gasteiger partial charge in [-0.2, -0.15) is 0 Å². The number of nitrogens with zero attached hydrogens (tertiary/aromatic N) is 2. The maximum atomic E-state index is 12.5. The number of hydrogen-bond acceptors (Lipinski definition) is 3. The van der Waals surface area contributed by atoms with E-state index in [4.69, 9.17) is 5.73 Å². The molecule has 1 aromatic rings. The smallest absolute Gasteiger partial charge is 0.254 e. The normalized spacial score (nSPS) is 16.4. The van der Waals surface area contributed by atoms with Gasteiger partial charge in [-0.05, 0) is 45.0 Å². The van der Waals surface area contributed by atoms with Crippen molar-refractivity contribution in [3.8, 4) is 0 Å². The summed E-state index contributed by atoms with van der Waals surface area (Å²) >= 11 is 0. The van der Waals surface area contributed by atoms with Crippen molar-refractivity contribution in [1.29, 1.82) is 0 Å². The zero-order valence-electron chi connectivity index (χ0n) is 12.6. The van der Waals surface area contributed by atoms with Gasteiger partial charge in [-0.15, -0.1) is 0 Å². The Morgan fingerprint density at radius 2 is 1.90 bits per heavy atom. The number of benzene rings is 1. The fourth-order valence-electron chi connectivity index (χ4n) is 2.71. The van der Waals surface area contributed by atoms with Crippen molar-refractivity contribution in [2.24, 2.45) is 5.73 Å². The molecule has 4 heteroatoms. The number of amides is 1. The molecule has 4 nitrogen and oxygen atoms in total. The molecule has 1 aliphatic heterocycles. The first kappa shape index (κ1) is 15.0. The first-order valence-electron chi connectivity index (χ1n) is 7.41. The van der Waals surface area contributed by atoms with E-state index in [1.54, 1.807) is 0 Å². The molecule has 1 aromatic carbocycles. The molecule has 0 aliphatic carbocycles. The Kier molecular flexibility index (Phi) is 5.15. The molecule has 1 fully saturated rings. The van der Waals surface area contributed by atoms with Crippen LogP contribution in [0.25, 0.3) is 0 Å². The average Bonchev–Trinajstić information content (AvgIpc) is 2.45. The predicted octanol–water partition coefficient (Wildman–Crippen LogP) is 1.41. The van der Waals surface area contributed by atoms with Gasteiger partial charge in [0.1, 0.15) is 0 Å². The molecule has 0 bridgehead atoms. The molecule has 20 heavy (non-hydrogen) atoms. The van der Waals surface area contributed by atoms with E-state index in [1.807, 2.05) is 24.0 Å². The maximum absolute atomic E-state index is 12.5. The van der Waals surface area contributed by atoms with Crippen molar-refractivity contribution in [1.82, 2.24) is 9.80 Å². The number of hydrogen-bond donors (Lipinski definition) is 1. The first-order valence-corrected chi connectivity index (χ1v) is 7.41. The molecule has 1 saturated heterocycles. The summed E-state index contributed by atoms with van der Waals surface area (Å²) in [6.45, 7) is 9.39. The second kappa shape index (κ2) is 6.86. The molecule has 0 aromatic heterocycles. The highest BCUT2D eigenvalue weighted by molar-refractivity contribution is 5.95. The van der Waals surface area contributed by atoms with Gasteiger partial charge in [0.25, 0.3) is 5.91 Å². The number of carbonyl (C=O) groups excluding carboxylic acids is 1. The maximum Gasteiger partial charge on any atom is 0.254 e. The molecular formula is C16H25N3O. The number of aryl methyl sites for hydroxylation is 2. The van der Waals surface area contributed by atoms with Gasteiger partial charge < -0.3 is 10.6 Å². The Bertz CT molecular complexity index is 465. The van der Waals surface area contributed by atoms with Gasteiger partial charge in [-0.25, -0.2) is 0 Å². The molecule has 0 unspecified atom stereocenters. The molecule has 0 radical (unpaired) electrons. The molecular weight excluding hydrogens is 250 g/mol. The summed E-state index contributed by atoms with van der Waals surface area (Å²) in [7, 11) is 0. The summed E-state index contributed by atoms with van der Waals surface area (Å²) < 4.78 is 0. The second-order valence-corrected chi connectivity index (χ2v) is 5.59. The summed E-state index contributed by atoms with van der Waals surface area (Å²) in [5.74, 6) is 0.168. The zero-order valence-corrected chi connectivity index (χ0v) is 12.6. The van der Waals surface area contributed by atoms with Crippen LogP contribution in [0.4, 0.5) is 0 Å². The Morgan fingerprint density at radius 3 is 2.50 bits per heavy atom. The van der Waals surface area contributed by atoms with Crippen molar-refractivity contribution in [3.63, 3.8) is 0 Å². The van der Waals surface area contributed by atoms with E-state index in [0.29, 0.717) is 0 Å². The van der Waals surface area contributed by atoms with Gasteiger partial charge in [0.2, 0.25) is 0 Å². The van der Waals surface area contributed by atoms with Crippen LogP contribution in [0.2, 0.25) is 0 Å². The number of carbonyl (C=O) groups is 1. The summed E-state index contributed by atoms with van der Waals surface area (Å²) in [6, 6.07) is 6.04. The first-order chi connectivity index (χ1) is 9.61. The summed E-state index contributed by atoms with van der Waals surface area (Å²) in [4.78, 5) is 16.9. The molecule has 1 amide bonds. The number of rotatable bonds is 4. The number of piperazine rings is 1. The van der Waals surface area contributed by atoms with E-state index >= 15 is 0 Å². The van der Waals surface area contributed by atoms with E-state index in [9.17, 15) is 4.79 Å². The van der Waals surface area contributed by atoms with Crippen LogP contribution in [0.1, 0.15) is 27.9 Å². The van der Waals surface area contributed by atoms with Crippen LogP contribution in [-0.4, -0.2) is 55.0 Å². The lowest BCUT2D eigenvalue weighted by Gasteiger charge is -2.35. The minimum absolute atomic E-state index is 0.168. The van der Waals surface area contributed by atoms with Crippen LogP contribution in [0.3, 0.4) is 0 Å². The molecule has 2 N–H and O–H groups in total. The topological polar surface area (TPSA) is 49.6 Å². The molecule has 1 aliphatic rings. The molecule has 1 heterocycles. The van der Waals surface area contributed by atoms with Gasteiger partial charge in [-0.3, -0.25) is 9.69 Å². The van der Waals surface area contributed by atoms with Crippen LogP contribution in [0, 0.1) is 13.8 Å². The fourth-order valence-corrected chi connectivity index (χ4v) is 2.71. The predicted molar refractivity (Wildman–Crippen MR) is 81.9 cm³/mol. The quantitative estimate of drug-likeness (QED) is 0.904. The third-order valence-corrected chi connectivity index (χ3v) is 3.95. The van der Waals surface area contributed by atoms with Gasteiger partial charge in [0.15, 0.2) is 0 Å². The Hall–Kier alpha value is -1.39. The van der Waals surface area contributed by atoms with Gasteiger partial charge in [0.05, 0.1) is 0 Å². The molecule has 110 valence electrons. The molecule has 2 rings (SSSR count).